The van der Waals surface area contributed by atoms with Crippen LogP contribution in [0.5, 0.6) is 0 Å². The second-order valence-corrected chi connectivity index (χ2v) is 4.66. The van der Waals surface area contributed by atoms with Crippen LogP contribution >= 0.6 is 12.2 Å². The molecule has 0 aliphatic carbocycles. The van der Waals surface area contributed by atoms with Gasteiger partial charge in [0.2, 0.25) is 5.43 Å². The van der Waals surface area contributed by atoms with Gasteiger partial charge in [-0.2, -0.15) is 0 Å². The molecule has 1 aromatic carbocycles. The van der Waals surface area contributed by atoms with Crippen molar-refractivity contribution in [3.63, 3.8) is 0 Å². The lowest BCUT2D eigenvalue weighted by atomic mass is 10.2. The van der Waals surface area contributed by atoms with E-state index in [1.54, 1.807) is 24.3 Å². The molecule has 0 fully saturated rings. The minimum atomic E-state index is -0.364. The zero-order chi connectivity index (χ0) is 14.8. The molecular weight excluding hydrogens is 290 g/mol. The maximum atomic E-state index is 12.2. The minimum Gasteiger partial charge on any atom is -0.463 e. The third kappa shape index (κ3) is 2.72. The Morgan fingerprint density at radius 2 is 2.00 bits per heavy atom. The summed E-state index contributed by atoms with van der Waals surface area (Å²) in [5, 5.41) is 0.472. The summed E-state index contributed by atoms with van der Waals surface area (Å²) in [5.41, 5.74) is 0.240. The molecule has 7 heteroatoms. The molecular formula is C14H9N3O3S. The molecule has 3 rings (SSSR count). The summed E-state index contributed by atoms with van der Waals surface area (Å²) in [4.78, 5) is 32.6. The summed E-state index contributed by atoms with van der Waals surface area (Å²) < 4.78 is 5.54. The quantitative estimate of drug-likeness (QED) is 0.561. The van der Waals surface area contributed by atoms with Gasteiger partial charge in [0.15, 0.2) is 4.77 Å². The highest BCUT2D eigenvalue weighted by atomic mass is 32.1. The van der Waals surface area contributed by atoms with E-state index in [1.807, 2.05) is 0 Å². The summed E-state index contributed by atoms with van der Waals surface area (Å²) in [5.74, 6) is 0.260. The van der Waals surface area contributed by atoms with Gasteiger partial charge in [0, 0.05) is 12.3 Å². The van der Waals surface area contributed by atoms with Gasteiger partial charge < -0.3 is 9.40 Å². The first-order chi connectivity index (χ1) is 10.1. The van der Waals surface area contributed by atoms with Crippen molar-refractivity contribution in [2.24, 2.45) is 4.99 Å². The fourth-order valence-corrected chi connectivity index (χ4v) is 2.05. The number of benzene rings is 1. The summed E-state index contributed by atoms with van der Waals surface area (Å²) in [6.07, 6.45) is 2.66. The van der Waals surface area contributed by atoms with Crippen LogP contribution in [0.25, 0.3) is 11.0 Å². The molecule has 104 valence electrons. The normalized spacial score (nSPS) is 11.2. The Morgan fingerprint density at radius 3 is 2.81 bits per heavy atom. The summed E-state index contributed by atoms with van der Waals surface area (Å²) in [7, 11) is 0. The minimum absolute atomic E-state index is 0.167. The number of nitrogens with one attached hydrogen (secondary N) is 2. The zero-order valence-electron chi connectivity index (χ0n) is 10.6. The van der Waals surface area contributed by atoms with Gasteiger partial charge in [-0.05, 0) is 24.4 Å². The molecule has 2 heterocycles. The summed E-state index contributed by atoms with van der Waals surface area (Å²) in [6, 6.07) is 8.18. The Bertz CT molecular complexity index is 986. The first-order valence-corrected chi connectivity index (χ1v) is 6.42. The molecule has 3 aromatic rings. The zero-order valence-corrected chi connectivity index (χ0v) is 11.4. The molecule has 0 spiro atoms. The number of H-pyrrole nitrogens is 2. The van der Waals surface area contributed by atoms with E-state index >= 15 is 0 Å². The number of nitrogens with zero attached hydrogens (tertiary/aromatic N) is 1. The second-order valence-electron chi connectivity index (χ2n) is 4.25. The van der Waals surface area contributed by atoms with Gasteiger partial charge in [-0.25, -0.2) is 4.99 Å². The van der Waals surface area contributed by atoms with Crippen LogP contribution < -0.4 is 11.0 Å². The number of hydrogen-bond donors (Lipinski definition) is 2. The highest BCUT2D eigenvalue weighted by Crippen LogP contribution is 2.10. The Labute approximate surface area is 122 Å². The van der Waals surface area contributed by atoms with E-state index in [-0.39, 0.29) is 27.1 Å². The lowest BCUT2D eigenvalue weighted by Gasteiger charge is -1.97. The predicted octanol–water partition coefficient (Wildman–Crippen LogP) is 2.29. The molecule has 6 nitrogen and oxygen atoms in total. The SMILES string of the molecule is O=c1cc(N=Cc2coc3ccccc3c2=O)[nH]c(=S)[nH]1. The van der Waals surface area contributed by atoms with E-state index in [0.717, 1.165) is 0 Å². The molecule has 0 amide bonds. The van der Waals surface area contributed by atoms with E-state index in [4.69, 9.17) is 16.6 Å². The van der Waals surface area contributed by atoms with E-state index in [9.17, 15) is 9.59 Å². The molecule has 0 saturated heterocycles. The van der Waals surface area contributed by atoms with Crippen LogP contribution in [0.15, 0.2) is 55.6 Å². The van der Waals surface area contributed by atoms with Crippen LogP contribution in [0.4, 0.5) is 5.82 Å². The van der Waals surface area contributed by atoms with E-state index in [1.165, 1.54) is 18.5 Å². The van der Waals surface area contributed by atoms with Crippen molar-refractivity contribution in [1.29, 1.82) is 0 Å². The number of para-hydroxylation sites is 1. The van der Waals surface area contributed by atoms with Crippen molar-refractivity contribution in [3.8, 4) is 0 Å². The molecule has 2 aromatic heterocycles. The Hall–Kier alpha value is -2.80. The Kier molecular flexibility index (Phi) is 3.33. The van der Waals surface area contributed by atoms with Crippen LogP contribution in [0.1, 0.15) is 5.56 Å². The van der Waals surface area contributed by atoms with Gasteiger partial charge in [-0.3, -0.25) is 14.6 Å². The van der Waals surface area contributed by atoms with Crippen LogP contribution in [0, 0.1) is 4.77 Å². The summed E-state index contributed by atoms with van der Waals surface area (Å²) in [6.45, 7) is 0. The third-order valence-electron chi connectivity index (χ3n) is 2.80. The number of aliphatic imine (C=N–C) groups is 1. The van der Waals surface area contributed by atoms with Crippen LogP contribution in [-0.2, 0) is 0 Å². The first-order valence-electron chi connectivity index (χ1n) is 6.02. The molecule has 0 saturated carbocycles. The highest BCUT2D eigenvalue weighted by Gasteiger charge is 2.04. The van der Waals surface area contributed by atoms with Gasteiger partial charge in [-0.15, -0.1) is 0 Å². The number of rotatable bonds is 2. The maximum absolute atomic E-state index is 12.2. The van der Waals surface area contributed by atoms with Gasteiger partial charge in [0.1, 0.15) is 17.7 Å². The predicted molar refractivity (Wildman–Crippen MR) is 82.0 cm³/mol. The van der Waals surface area contributed by atoms with Gasteiger partial charge in [0.25, 0.3) is 5.56 Å². The van der Waals surface area contributed by atoms with E-state index < -0.39 is 0 Å². The number of hydrogen-bond acceptors (Lipinski definition) is 5. The highest BCUT2D eigenvalue weighted by molar-refractivity contribution is 7.71. The molecule has 0 aliphatic rings. The van der Waals surface area contributed by atoms with Crippen molar-refractivity contribution in [2.45, 2.75) is 0 Å². The standard InChI is InChI=1S/C14H9N3O3S/c18-12-5-11(16-14(21)17-12)15-6-8-7-20-10-4-2-1-3-9(10)13(8)19/h1-7H,(H2,16,17,18,21). The average molecular weight is 299 g/mol. The molecule has 0 atom stereocenters. The van der Waals surface area contributed by atoms with Crippen molar-refractivity contribution in [2.75, 3.05) is 0 Å². The van der Waals surface area contributed by atoms with Crippen molar-refractivity contribution in [1.82, 2.24) is 9.97 Å². The smallest absolute Gasteiger partial charge is 0.253 e. The molecule has 0 aliphatic heterocycles. The van der Waals surface area contributed by atoms with E-state index in [0.29, 0.717) is 11.0 Å². The Morgan fingerprint density at radius 1 is 1.19 bits per heavy atom. The number of aromatic amines is 2. The second kappa shape index (κ2) is 5.29. The van der Waals surface area contributed by atoms with Crippen LogP contribution in [0.2, 0.25) is 0 Å². The monoisotopic (exact) mass is 299 g/mol. The van der Waals surface area contributed by atoms with Crippen LogP contribution in [0.3, 0.4) is 0 Å². The number of aromatic nitrogens is 2. The largest absolute Gasteiger partial charge is 0.463 e. The molecule has 21 heavy (non-hydrogen) atoms. The number of fused-ring (bicyclic) bond motifs is 1. The average Bonchev–Trinajstić information content (AvgIpc) is 2.46. The summed E-state index contributed by atoms with van der Waals surface area (Å²) >= 11 is 4.84. The molecule has 0 bridgehead atoms. The van der Waals surface area contributed by atoms with Gasteiger partial charge in [0.05, 0.1) is 10.9 Å². The molecule has 0 unspecified atom stereocenters. The van der Waals surface area contributed by atoms with Gasteiger partial charge >= 0.3 is 0 Å². The fraction of sp³-hybridized carbons (Fsp3) is 0. The van der Waals surface area contributed by atoms with Crippen molar-refractivity contribution in [3.05, 3.63) is 67.5 Å². The lowest BCUT2D eigenvalue weighted by molar-refractivity contribution is 0.601. The van der Waals surface area contributed by atoms with Crippen LogP contribution in [-0.4, -0.2) is 16.2 Å². The van der Waals surface area contributed by atoms with Gasteiger partial charge in [-0.1, -0.05) is 12.1 Å². The maximum Gasteiger partial charge on any atom is 0.253 e. The third-order valence-corrected chi connectivity index (χ3v) is 3.00. The molecule has 0 radical (unpaired) electrons. The van der Waals surface area contributed by atoms with Crippen molar-refractivity contribution < 1.29 is 4.42 Å². The van der Waals surface area contributed by atoms with E-state index in [2.05, 4.69) is 15.0 Å². The Balaban J connectivity index is 2.07. The first kappa shape index (κ1) is 13.2. The van der Waals surface area contributed by atoms with Crippen molar-refractivity contribution >= 4 is 35.2 Å². The topological polar surface area (TPSA) is 91.2 Å². The lowest BCUT2D eigenvalue weighted by Crippen LogP contribution is -2.08. The fourth-order valence-electron chi connectivity index (χ4n) is 1.85. The molecule has 2 N–H and O–H groups in total.